The molecule has 1 aromatic carbocycles. The highest BCUT2D eigenvalue weighted by atomic mass is 16.5. The molecule has 0 saturated heterocycles. The third-order valence-electron chi connectivity index (χ3n) is 5.41. The van der Waals surface area contributed by atoms with E-state index in [4.69, 9.17) is 9.47 Å². The van der Waals surface area contributed by atoms with Crippen molar-refractivity contribution in [2.75, 3.05) is 7.11 Å². The molecule has 0 aliphatic carbocycles. The molecule has 0 aliphatic heterocycles. The summed E-state index contributed by atoms with van der Waals surface area (Å²) in [5.41, 5.74) is 0.699. The number of aromatic hydroxyl groups is 2. The van der Waals surface area contributed by atoms with E-state index in [-0.39, 0.29) is 53.9 Å². The molecule has 0 aromatic heterocycles. The molecule has 0 amide bonds. The van der Waals surface area contributed by atoms with E-state index >= 15 is 0 Å². The van der Waals surface area contributed by atoms with Crippen molar-refractivity contribution >= 4 is 11.8 Å². The van der Waals surface area contributed by atoms with Crippen LogP contribution in [-0.2, 0) is 20.7 Å². The molecule has 0 unspecified atom stereocenters. The molecular formula is C24H38O6. The van der Waals surface area contributed by atoms with E-state index in [9.17, 15) is 19.8 Å². The zero-order valence-electron chi connectivity index (χ0n) is 18.9. The van der Waals surface area contributed by atoms with Crippen molar-refractivity contribution < 1.29 is 29.3 Å². The quantitative estimate of drug-likeness (QED) is 0.226. The summed E-state index contributed by atoms with van der Waals surface area (Å²) in [6, 6.07) is 3.05. The van der Waals surface area contributed by atoms with Crippen molar-refractivity contribution in [3.05, 3.63) is 17.7 Å². The number of ether oxygens (including phenoxy) is 2. The predicted octanol–water partition coefficient (Wildman–Crippen LogP) is 5.32. The number of carbonyl (C=O) groups excluding carboxylic acids is 2. The van der Waals surface area contributed by atoms with Crippen molar-refractivity contribution in [2.24, 2.45) is 5.92 Å². The standard InChI is InChI=1S/C24H38O6/c1-5-7-9-11-19(10-8-6-2)22(30-17(3)25)16-20(26)13-12-18-14-21(27)24(28)23(15-18)29-4/h14-15,19,22,27-28H,5-13,16H2,1-4H3/t19-,22-/m0/s1. The van der Waals surface area contributed by atoms with E-state index < -0.39 is 0 Å². The second kappa shape index (κ2) is 13.9. The van der Waals surface area contributed by atoms with Crippen LogP contribution in [0, 0.1) is 5.92 Å². The molecule has 0 saturated carbocycles. The highest BCUT2D eigenvalue weighted by Gasteiger charge is 2.26. The fourth-order valence-corrected chi connectivity index (χ4v) is 3.72. The maximum absolute atomic E-state index is 12.7. The van der Waals surface area contributed by atoms with Gasteiger partial charge in [0.25, 0.3) is 0 Å². The van der Waals surface area contributed by atoms with Crippen LogP contribution in [0.5, 0.6) is 17.2 Å². The van der Waals surface area contributed by atoms with Crippen LogP contribution in [0.4, 0.5) is 0 Å². The first-order valence-corrected chi connectivity index (χ1v) is 11.1. The van der Waals surface area contributed by atoms with Gasteiger partial charge >= 0.3 is 5.97 Å². The molecule has 0 radical (unpaired) electrons. The van der Waals surface area contributed by atoms with Crippen LogP contribution < -0.4 is 4.74 Å². The molecule has 6 heteroatoms. The van der Waals surface area contributed by atoms with E-state index in [0.717, 1.165) is 44.9 Å². The first-order chi connectivity index (χ1) is 14.3. The Labute approximate surface area is 180 Å². The molecule has 0 spiro atoms. The smallest absolute Gasteiger partial charge is 0.302 e. The lowest BCUT2D eigenvalue weighted by Gasteiger charge is -2.26. The monoisotopic (exact) mass is 422 g/mol. The van der Waals surface area contributed by atoms with Crippen molar-refractivity contribution in [3.63, 3.8) is 0 Å². The normalized spacial score (nSPS) is 12.9. The Bertz CT molecular complexity index is 670. The average molecular weight is 423 g/mol. The summed E-state index contributed by atoms with van der Waals surface area (Å²) < 4.78 is 10.6. The molecule has 30 heavy (non-hydrogen) atoms. The van der Waals surface area contributed by atoms with Gasteiger partial charge in [-0.05, 0) is 42.9 Å². The van der Waals surface area contributed by atoms with E-state index in [1.165, 1.54) is 20.1 Å². The summed E-state index contributed by atoms with van der Waals surface area (Å²) in [7, 11) is 1.40. The van der Waals surface area contributed by atoms with E-state index in [0.29, 0.717) is 12.0 Å². The van der Waals surface area contributed by atoms with Gasteiger partial charge < -0.3 is 19.7 Å². The number of unbranched alkanes of at least 4 members (excludes halogenated alkanes) is 3. The van der Waals surface area contributed by atoms with Crippen LogP contribution in [0.15, 0.2) is 12.1 Å². The number of methoxy groups -OCH3 is 1. The number of phenolic OH excluding ortho intramolecular Hbond substituents is 2. The van der Waals surface area contributed by atoms with Gasteiger partial charge in [-0.3, -0.25) is 9.59 Å². The van der Waals surface area contributed by atoms with E-state index in [2.05, 4.69) is 13.8 Å². The fraction of sp³-hybridized carbons (Fsp3) is 0.667. The SMILES string of the molecule is CCCCC[C@H](CCCC)[C@H](CC(=O)CCc1cc(O)c(O)c(OC)c1)OC(C)=O. The van der Waals surface area contributed by atoms with Gasteiger partial charge in [-0.2, -0.15) is 0 Å². The maximum Gasteiger partial charge on any atom is 0.302 e. The number of phenols is 2. The molecule has 170 valence electrons. The van der Waals surface area contributed by atoms with Crippen molar-refractivity contribution in [1.29, 1.82) is 0 Å². The zero-order valence-corrected chi connectivity index (χ0v) is 18.9. The number of esters is 1. The first kappa shape index (κ1) is 25.8. The van der Waals surface area contributed by atoms with Crippen molar-refractivity contribution in [2.45, 2.75) is 91.1 Å². The molecule has 0 aliphatic rings. The molecule has 0 bridgehead atoms. The summed E-state index contributed by atoms with van der Waals surface area (Å²) in [5.74, 6) is -0.547. The largest absolute Gasteiger partial charge is 0.504 e. The second-order valence-corrected chi connectivity index (χ2v) is 7.95. The van der Waals surface area contributed by atoms with Gasteiger partial charge in [-0.25, -0.2) is 0 Å². The number of Topliss-reactive ketones (excluding diaryl/α,β-unsaturated/α-hetero) is 1. The number of rotatable bonds is 15. The lowest BCUT2D eigenvalue weighted by atomic mass is 9.87. The van der Waals surface area contributed by atoms with Crippen molar-refractivity contribution in [3.8, 4) is 17.2 Å². The van der Waals surface area contributed by atoms with Crippen LogP contribution >= 0.6 is 0 Å². The highest BCUT2D eigenvalue weighted by Crippen LogP contribution is 2.36. The van der Waals surface area contributed by atoms with E-state index in [1.807, 2.05) is 0 Å². The Morgan fingerprint density at radius 3 is 2.30 bits per heavy atom. The predicted molar refractivity (Wildman–Crippen MR) is 117 cm³/mol. The minimum absolute atomic E-state index is 0.0183. The zero-order chi connectivity index (χ0) is 22.5. The second-order valence-electron chi connectivity index (χ2n) is 7.95. The van der Waals surface area contributed by atoms with Gasteiger partial charge in [0.05, 0.1) is 7.11 Å². The van der Waals surface area contributed by atoms with Gasteiger partial charge in [-0.1, -0.05) is 46.0 Å². The Kier molecular flexibility index (Phi) is 11.9. The lowest BCUT2D eigenvalue weighted by Crippen LogP contribution is -2.29. The lowest BCUT2D eigenvalue weighted by molar-refractivity contribution is -0.151. The molecule has 6 nitrogen and oxygen atoms in total. The third-order valence-corrected chi connectivity index (χ3v) is 5.41. The Hall–Kier alpha value is -2.24. The fourth-order valence-electron chi connectivity index (χ4n) is 3.72. The molecule has 2 N–H and O–H groups in total. The first-order valence-electron chi connectivity index (χ1n) is 11.1. The average Bonchev–Trinajstić information content (AvgIpc) is 2.70. The van der Waals surface area contributed by atoms with Crippen LogP contribution in [0.2, 0.25) is 0 Å². The molecule has 0 heterocycles. The summed E-state index contributed by atoms with van der Waals surface area (Å²) in [4.78, 5) is 24.4. The number of benzene rings is 1. The van der Waals surface area contributed by atoms with Gasteiger partial charge in [0.1, 0.15) is 11.9 Å². The Balaban J connectivity index is 2.78. The topological polar surface area (TPSA) is 93.1 Å². The summed E-state index contributed by atoms with van der Waals surface area (Å²) in [5, 5.41) is 19.5. The van der Waals surface area contributed by atoms with Gasteiger partial charge in [0.2, 0.25) is 5.75 Å². The van der Waals surface area contributed by atoms with Crippen molar-refractivity contribution in [1.82, 2.24) is 0 Å². The number of ketones is 1. The molecular weight excluding hydrogens is 384 g/mol. The number of hydrogen-bond donors (Lipinski definition) is 2. The maximum atomic E-state index is 12.7. The number of aryl methyl sites for hydroxylation is 1. The number of hydrogen-bond acceptors (Lipinski definition) is 6. The van der Waals surface area contributed by atoms with Gasteiger partial charge in [0.15, 0.2) is 11.5 Å². The van der Waals surface area contributed by atoms with Crippen LogP contribution in [0.3, 0.4) is 0 Å². The number of carbonyl (C=O) groups is 2. The minimum Gasteiger partial charge on any atom is -0.504 e. The molecule has 1 aromatic rings. The van der Waals surface area contributed by atoms with Crippen LogP contribution in [0.25, 0.3) is 0 Å². The van der Waals surface area contributed by atoms with Crippen LogP contribution in [0.1, 0.15) is 84.1 Å². The van der Waals surface area contributed by atoms with Crippen LogP contribution in [-0.4, -0.2) is 35.2 Å². The summed E-state index contributed by atoms with van der Waals surface area (Å²) in [6.07, 6.45) is 7.86. The highest BCUT2D eigenvalue weighted by molar-refractivity contribution is 5.79. The molecule has 0 fully saturated rings. The third kappa shape index (κ3) is 9.06. The van der Waals surface area contributed by atoms with Gasteiger partial charge in [-0.15, -0.1) is 0 Å². The molecule has 2 atom stereocenters. The van der Waals surface area contributed by atoms with Gasteiger partial charge in [0, 0.05) is 19.8 Å². The van der Waals surface area contributed by atoms with E-state index in [1.54, 1.807) is 6.07 Å². The summed E-state index contributed by atoms with van der Waals surface area (Å²) in [6.45, 7) is 5.69. The Morgan fingerprint density at radius 1 is 1.03 bits per heavy atom. The molecule has 1 rings (SSSR count). The minimum atomic E-state index is -0.388. The summed E-state index contributed by atoms with van der Waals surface area (Å²) >= 11 is 0. The Morgan fingerprint density at radius 2 is 1.70 bits per heavy atom.